The third kappa shape index (κ3) is 37.7. The van der Waals surface area contributed by atoms with Gasteiger partial charge in [0.2, 0.25) is 35.9 Å². The molecule has 0 saturated carbocycles. The molecule has 4 rings (SSSR count). The van der Waals surface area contributed by atoms with Crippen molar-refractivity contribution in [2.45, 2.75) is 115 Å². The number of nitrogens with zero attached hydrogens (tertiary/aromatic N) is 2. The first-order valence-corrected chi connectivity index (χ1v) is 23.9. The van der Waals surface area contributed by atoms with Gasteiger partial charge in [0, 0.05) is 78.3 Å². The number of rotatable bonds is 26. The zero-order chi connectivity index (χ0) is 55.1. The lowest BCUT2D eigenvalue weighted by Crippen LogP contribution is -2.51. The topological polar surface area (TPSA) is 346 Å². The number of urea groups is 1. The molecule has 1 aromatic heterocycles. The molecule has 3 atom stereocenters. The molecule has 22 nitrogen and oxygen atoms in total. The molecule has 1 fully saturated rings. The second-order valence-electron chi connectivity index (χ2n) is 15.9. The number of carboxylic acid groups (broad SMARTS) is 2. The van der Waals surface area contributed by atoms with Crippen LogP contribution in [0.3, 0.4) is 0 Å². The molecular weight excluding hydrogens is 947 g/mol. The van der Waals surface area contributed by atoms with Crippen LogP contribution in [0.25, 0.3) is 0 Å². The van der Waals surface area contributed by atoms with Crippen LogP contribution in [0.15, 0.2) is 85.2 Å². The number of hydrogen-bond donors (Lipinski definition) is 10. The number of unbranched alkanes of at least 4 members (excludes halogenated alkanes) is 4. The number of aldehydes is 1. The highest BCUT2D eigenvalue weighted by atomic mass is 16.4. The van der Waals surface area contributed by atoms with Crippen molar-refractivity contribution < 1.29 is 63.3 Å². The van der Waals surface area contributed by atoms with Gasteiger partial charge in [0.25, 0.3) is 6.47 Å². The van der Waals surface area contributed by atoms with Crippen LogP contribution in [0, 0.1) is 6.92 Å². The number of hydrogen-bond acceptors (Lipinski definition) is 12. The Morgan fingerprint density at radius 1 is 0.795 bits per heavy atom. The lowest BCUT2D eigenvalue weighted by molar-refractivity contribution is -0.137. The van der Waals surface area contributed by atoms with E-state index in [-0.39, 0.29) is 69.1 Å². The molecule has 2 heterocycles. The van der Waals surface area contributed by atoms with Crippen molar-refractivity contribution in [1.82, 2.24) is 41.8 Å². The molecule has 3 aromatic rings. The minimum absolute atomic E-state index is 0.0353. The molecule has 11 N–H and O–H groups in total. The molecule has 22 heteroatoms. The van der Waals surface area contributed by atoms with Crippen molar-refractivity contribution in [2.75, 3.05) is 40.3 Å². The first-order chi connectivity index (χ1) is 35.1. The number of aliphatic hydroxyl groups excluding tert-OH is 1. The fourth-order valence-electron chi connectivity index (χ4n) is 6.34. The standard InChI is InChI=1S/C22H34N4O4.C10H17N3O5.C10H12N2O.C7H8.CH2O2.CH4O/c1-2-3-4-5-9-12-20(28)25-16-21(29)26-19(15-18-10-7-6-8-11-18)22(30)24-14-13-23-17-27;11-8(15)2-1-5-12-10(18)13-7(6-14)3-4-9(16)17;1-12-9(4-5-10(12)13)8-3-2-6-11-7-8;1-7-5-3-2-4-6-7;2-1-3;1-2/h6-8,10-11,17,19H,2-5,9,12-16H2,1H3,(H,23,27)(H,24,30)(H,25,28)(H,26,29);6-7H,1-5H2,(H2,11,15)(H,16,17)(H2,12,13,18);2-3,6-7,9H,4-5H2,1H3;2-6H,1H3;1H,(H,2,3);2H,1H3. The molecular formula is C51H77N9O13. The number of pyridine rings is 1. The Kier molecular flexibility index (Phi) is 41.9. The monoisotopic (exact) mass is 1020 g/mol. The number of aliphatic carboxylic acids is 1. The summed E-state index contributed by atoms with van der Waals surface area (Å²) in [5.41, 5.74) is 8.27. The van der Waals surface area contributed by atoms with Gasteiger partial charge >= 0.3 is 12.0 Å². The predicted molar refractivity (Wildman–Crippen MR) is 274 cm³/mol. The molecule has 404 valence electrons. The van der Waals surface area contributed by atoms with Crippen molar-refractivity contribution >= 4 is 60.7 Å². The van der Waals surface area contributed by atoms with E-state index in [1.165, 1.54) is 12.0 Å². The van der Waals surface area contributed by atoms with Crippen LogP contribution in [0.1, 0.15) is 107 Å². The number of carboxylic acids is 1. The molecule has 3 unspecified atom stereocenters. The van der Waals surface area contributed by atoms with Crippen LogP contribution in [0.2, 0.25) is 0 Å². The number of nitrogens with one attached hydrogen (secondary N) is 6. The highest BCUT2D eigenvalue weighted by Gasteiger charge is 2.28. The fourth-order valence-corrected chi connectivity index (χ4v) is 6.34. The van der Waals surface area contributed by atoms with Crippen LogP contribution in [-0.4, -0.2) is 138 Å². The van der Waals surface area contributed by atoms with Crippen molar-refractivity contribution in [2.24, 2.45) is 5.73 Å². The van der Waals surface area contributed by atoms with Crippen LogP contribution >= 0.6 is 0 Å². The van der Waals surface area contributed by atoms with E-state index in [0.717, 1.165) is 50.3 Å². The van der Waals surface area contributed by atoms with E-state index >= 15 is 0 Å². The minimum Gasteiger partial charge on any atom is -0.483 e. The van der Waals surface area contributed by atoms with Gasteiger partial charge in [-0.3, -0.25) is 43.3 Å². The van der Waals surface area contributed by atoms with Crippen LogP contribution in [0.5, 0.6) is 0 Å². The Morgan fingerprint density at radius 3 is 1.96 bits per heavy atom. The number of benzene rings is 2. The SMILES string of the molecule is CCCCCCCC(=O)NCC(=O)NC(Cc1ccccc1)C(=O)NCCNC=O.CN1C(=O)CCC1c1cccnc1.CO.Cc1ccccc1.NC(=O)CCCNC(=O)NC(C=O)CCC(=O)O.O=CO. The van der Waals surface area contributed by atoms with E-state index in [9.17, 15) is 43.2 Å². The largest absolute Gasteiger partial charge is 0.483 e. The van der Waals surface area contributed by atoms with E-state index < -0.39 is 35.9 Å². The summed E-state index contributed by atoms with van der Waals surface area (Å²) in [6.45, 7) is 4.61. The van der Waals surface area contributed by atoms with E-state index in [2.05, 4.69) is 62.9 Å². The maximum Gasteiger partial charge on any atom is 0.315 e. The molecule has 0 bridgehead atoms. The maximum atomic E-state index is 12.5. The van der Waals surface area contributed by atoms with E-state index in [1.54, 1.807) is 11.1 Å². The number of carbonyl (C=O) groups excluding carboxylic acids is 8. The maximum absolute atomic E-state index is 12.5. The molecule has 1 aliphatic rings. The van der Waals surface area contributed by atoms with Gasteiger partial charge in [-0.2, -0.15) is 0 Å². The summed E-state index contributed by atoms with van der Waals surface area (Å²) < 4.78 is 0. The summed E-state index contributed by atoms with van der Waals surface area (Å²) in [4.78, 5) is 115. The Balaban J connectivity index is 0. The van der Waals surface area contributed by atoms with E-state index in [1.807, 2.05) is 73.9 Å². The van der Waals surface area contributed by atoms with Gasteiger partial charge in [-0.1, -0.05) is 105 Å². The molecule has 73 heavy (non-hydrogen) atoms. The Labute approximate surface area is 428 Å². The number of nitrogens with two attached hydrogens (primary N) is 1. The minimum atomic E-state index is -1.04. The van der Waals surface area contributed by atoms with Crippen LogP contribution in [0.4, 0.5) is 4.79 Å². The Hall–Kier alpha value is -7.75. The van der Waals surface area contributed by atoms with Crippen LogP contribution < -0.4 is 37.6 Å². The Morgan fingerprint density at radius 2 is 1.44 bits per heavy atom. The summed E-state index contributed by atoms with van der Waals surface area (Å²) >= 11 is 0. The predicted octanol–water partition coefficient (Wildman–Crippen LogP) is 2.72. The smallest absolute Gasteiger partial charge is 0.315 e. The Bertz CT molecular complexity index is 2000. The molecule has 1 aliphatic heterocycles. The van der Waals surface area contributed by atoms with Crippen LogP contribution in [-0.2, 0) is 49.6 Å². The number of aromatic nitrogens is 1. The number of primary amides is 1. The lowest BCUT2D eigenvalue weighted by Gasteiger charge is -2.19. The average molecular weight is 1020 g/mol. The first-order valence-electron chi connectivity index (χ1n) is 23.9. The van der Waals surface area contributed by atoms with Gasteiger partial charge in [-0.25, -0.2) is 4.79 Å². The van der Waals surface area contributed by atoms with Crippen molar-refractivity contribution in [1.29, 1.82) is 0 Å². The summed E-state index contributed by atoms with van der Waals surface area (Å²) in [6, 6.07) is 21.6. The van der Waals surface area contributed by atoms with Gasteiger partial charge < -0.3 is 62.6 Å². The molecule has 8 amide bonds. The lowest BCUT2D eigenvalue weighted by atomic mass is 10.1. The molecule has 0 spiro atoms. The highest BCUT2D eigenvalue weighted by molar-refractivity contribution is 5.90. The second-order valence-corrected chi connectivity index (χ2v) is 15.9. The van der Waals surface area contributed by atoms with Crippen molar-refractivity contribution in [3.8, 4) is 0 Å². The zero-order valence-electron chi connectivity index (χ0n) is 42.5. The zero-order valence-corrected chi connectivity index (χ0v) is 42.5. The van der Waals surface area contributed by atoms with Gasteiger partial charge in [-0.05, 0) is 49.8 Å². The summed E-state index contributed by atoms with van der Waals surface area (Å²) in [6.07, 6.45) is 12.6. The third-order valence-corrected chi connectivity index (χ3v) is 10.1. The normalized spacial score (nSPS) is 12.5. The fraction of sp³-hybridized carbons (Fsp3) is 0.471. The number of likely N-dealkylation sites (tertiary alicyclic amines) is 1. The van der Waals surface area contributed by atoms with Crippen molar-refractivity contribution in [3.63, 3.8) is 0 Å². The highest BCUT2D eigenvalue weighted by Crippen LogP contribution is 2.30. The van der Waals surface area contributed by atoms with Crippen molar-refractivity contribution in [3.05, 3.63) is 102 Å². The first kappa shape index (κ1) is 67.3. The molecule has 0 radical (unpaired) electrons. The summed E-state index contributed by atoms with van der Waals surface area (Å²) in [5, 5.41) is 37.5. The summed E-state index contributed by atoms with van der Waals surface area (Å²) in [5.74, 6) is -2.19. The number of aryl methyl sites for hydroxylation is 1. The number of aliphatic hydroxyl groups is 1. The second kappa shape index (κ2) is 45.4. The van der Waals surface area contributed by atoms with Gasteiger partial charge in [0.1, 0.15) is 12.3 Å². The average Bonchev–Trinajstić information content (AvgIpc) is 3.73. The number of amides is 8. The van der Waals surface area contributed by atoms with Gasteiger partial charge in [-0.15, -0.1) is 0 Å². The summed E-state index contributed by atoms with van der Waals surface area (Å²) in [7, 11) is 2.85. The molecule has 2 aromatic carbocycles. The van der Waals surface area contributed by atoms with Gasteiger partial charge in [0.15, 0.2) is 0 Å². The molecule has 0 aliphatic carbocycles. The van der Waals surface area contributed by atoms with E-state index in [0.29, 0.717) is 44.9 Å². The van der Waals surface area contributed by atoms with E-state index in [4.69, 9.17) is 25.8 Å². The third-order valence-electron chi connectivity index (χ3n) is 10.1. The number of carbonyl (C=O) groups is 10. The van der Waals surface area contributed by atoms with Gasteiger partial charge in [0.05, 0.1) is 18.6 Å². The molecule has 1 saturated heterocycles. The quantitative estimate of drug-likeness (QED) is 0.0409.